The van der Waals surface area contributed by atoms with Gasteiger partial charge in [-0.1, -0.05) is 12.1 Å². The average Bonchev–Trinajstić information content (AvgIpc) is 2.27. The highest BCUT2D eigenvalue weighted by Crippen LogP contribution is 2.14. The molecule has 2 amide bonds. The van der Waals surface area contributed by atoms with Crippen molar-refractivity contribution in [3.63, 3.8) is 0 Å². The Hall–Kier alpha value is -2.24. The highest BCUT2D eigenvalue weighted by Gasteiger charge is 2.10. The summed E-state index contributed by atoms with van der Waals surface area (Å²) >= 11 is 0. The van der Waals surface area contributed by atoms with Crippen molar-refractivity contribution < 1.29 is 19.4 Å². The van der Waals surface area contributed by atoms with Crippen LogP contribution in [-0.2, 0) is 4.74 Å². The first-order valence-corrected chi connectivity index (χ1v) is 4.66. The van der Waals surface area contributed by atoms with Crippen LogP contribution in [0.2, 0.25) is 0 Å². The third-order valence-corrected chi connectivity index (χ3v) is 1.70. The first-order valence-electron chi connectivity index (χ1n) is 4.66. The first kappa shape index (κ1) is 11.8. The van der Waals surface area contributed by atoms with Crippen molar-refractivity contribution in [2.24, 2.45) is 0 Å². The molecule has 6 nitrogen and oxygen atoms in total. The van der Waals surface area contributed by atoms with E-state index in [0.29, 0.717) is 0 Å². The summed E-state index contributed by atoms with van der Waals surface area (Å²) in [6.45, 7) is 1.85. The van der Waals surface area contributed by atoms with Crippen molar-refractivity contribution in [3.8, 4) is 5.75 Å². The lowest BCUT2D eigenvalue weighted by atomic mass is 10.2. The van der Waals surface area contributed by atoms with E-state index in [1.54, 1.807) is 19.1 Å². The molecule has 0 bridgehead atoms. The number of phenolic OH excluding ortho intramolecular Hbond substituents is 1. The number of aromatic hydroxyl groups is 1. The second-order valence-corrected chi connectivity index (χ2v) is 2.82. The van der Waals surface area contributed by atoms with E-state index in [-0.39, 0.29) is 17.9 Å². The van der Waals surface area contributed by atoms with Crippen molar-refractivity contribution in [2.75, 3.05) is 6.61 Å². The molecule has 0 radical (unpaired) electrons. The quantitative estimate of drug-likeness (QED) is 0.648. The summed E-state index contributed by atoms with van der Waals surface area (Å²) in [4.78, 5) is 22.3. The molecule has 0 aliphatic carbocycles. The minimum atomic E-state index is -0.758. The highest BCUT2D eigenvalue weighted by atomic mass is 16.5. The minimum Gasteiger partial charge on any atom is -0.507 e. The predicted molar refractivity (Wildman–Crippen MR) is 55.7 cm³/mol. The molecule has 0 saturated carbocycles. The molecule has 0 unspecified atom stereocenters. The van der Waals surface area contributed by atoms with E-state index in [1.807, 2.05) is 5.43 Å². The van der Waals surface area contributed by atoms with Crippen molar-refractivity contribution >= 4 is 12.0 Å². The molecule has 1 rings (SSSR count). The van der Waals surface area contributed by atoms with E-state index in [2.05, 4.69) is 10.2 Å². The molecule has 0 aliphatic heterocycles. The molecule has 0 saturated heterocycles. The second-order valence-electron chi connectivity index (χ2n) is 2.82. The van der Waals surface area contributed by atoms with Crippen LogP contribution >= 0.6 is 0 Å². The lowest BCUT2D eigenvalue weighted by Gasteiger charge is -2.07. The zero-order valence-corrected chi connectivity index (χ0v) is 8.69. The van der Waals surface area contributed by atoms with Crippen LogP contribution in [0.3, 0.4) is 0 Å². The number of carbonyl (C=O) groups is 2. The van der Waals surface area contributed by atoms with Crippen LogP contribution in [0.1, 0.15) is 17.3 Å². The van der Waals surface area contributed by atoms with E-state index >= 15 is 0 Å². The summed E-state index contributed by atoms with van der Waals surface area (Å²) in [7, 11) is 0. The van der Waals surface area contributed by atoms with Crippen molar-refractivity contribution in [1.29, 1.82) is 0 Å². The monoisotopic (exact) mass is 224 g/mol. The first-order chi connectivity index (χ1) is 7.65. The Kier molecular flexibility index (Phi) is 4.14. The zero-order valence-electron chi connectivity index (χ0n) is 8.69. The fraction of sp³-hybridized carbons (Fsp3) is 0.200. The second kappa shape index (κ2) is 5.59. The molecule has 86 valence electrons. The maximum absolute atomic E-state index is 11.4. The van der Waals surface area contributed by atoms with Gasteiger partial charge in [-0.15, -0.1) is 0 Å². The third-order valence-electron chi connectivity index (χ3n) is 1.70. The Bertz CT molecular complexity index is 392. The van der Waals surface area contributed by atoms with Crippen molar-refractivity contribution in [1.82, 2.24) is 10.9 Å². The van der Waals surface area contributed by atoms with Gasteiger partial charge in [0.05, 0.1) is 12.2 Å². The minimum absolute atomic E-state index is 0.0688. The molecule has 3 N–H and O–H groups in total. The van der Waals surface area contributed by atoms with Crippen LogP contribution in [0.15, 0.2) is 24.3 Å². The van der Waals surface area contributed by atoms with Gasteiger partial charge in [0, 0.05) is 0 Å². The van der Waals surface area contributed by atoms with Gasteiger partial charge in [0.1, 0.15) is 5.75 Å². The van der Waals surface area contributed by atoms with Gasteiger partial charge in [-0.3, -0.25) is 10.2 Å². The molecule has 0 aromatic heterocycles. The molecule has 0 aliphatic rings. The number of para-hydroxylation sites is 1. The average molecular weight is 224 g/mol. The molecular weight excluding hydrogens is 212 g/mol. The van der Waals surface area contributed by atoms with Crippen LogP contribution in [0.4, 0.5) is 4.79 Å². The molecule has 1 aromatic carbocycles. The molecule has 0 spiro atoms. The Balaban J connectivity index is 2.54. The summed E-state index contributed by atoms with van der Waals surface area (Å²) in [5.41, 5.74) is 4.21. The summed E-state index contributed by atoms with van der Waals surface area (Å²) in [6.07, 6.45) is -0.758. The number of rotatable bonds is 2. The summed E-state index contributed by atoms with van der Waals surface area (Å²) in [6, 6.07) is 5.99. The lowest BCUT2D eigenvalue weighted by molar-refractivity contribution is 0.0910. The number of hydrogen-bond acceptors (Lipinski definition) is 4. The Labute approximate surface area is 92.2 Å². The number of carbonyl (C=O) groups excluding carboxylic acids is 2. The van der Waals surface area contributed by atoms with E-state index < -0.39 is 12.0 Å². The highest BCUT2D eigenvalue weighted by molar-refractivity contribution is 5.97. The maximum atomic E-state index is 11.4. The van der Waals surface area contributed by atoms with E-state index in [4.69, 9.17) is 0 Å². The van der Waals surface area contributed by atoms with Gasteiger partial charge in [0.2, 0.25) is 0 Å². The summed E-state index contributed by atoms with van der Waals surface area (Å²) in [5.74, 6) is -0.781. The lowest BCUT2D eigenvalue weighted by Crippen LogP contribution is -2.41. The largest absolute Gasteiger partial charge is 0.507 e. The molecular formula is C10H12N2O4. The van der Waals surface area contributed by atoms with Gasteiger partial charge in [-0.2, -0.15) is 0 Å². The van der Waals surface area contributed by atoms with Gasteiger partial charge in [0.15, 0.2) is 0 Å². The van der Waals surface area contributed by atoms with Gasteiger partial charge >= 0.3 is 6.09 Å². The predicted octanol–water partition coefficient (Wildman–Crippen LogP) is 0.783. The third kappa shape index (κ3) is 3.16. The maximum Gasteiger partial charge on any atom is 0.426 e. The number of hydrazine groups is 1. The van der Waals surface area contributed by atoms with Crippen LogP contribution in [-0.4, -0.2) is 23.7 Å². The van der Waals surface area contributed by atoms with Crippen LogP contribution in [0, 0.1) is 0 Å². The topological polar surface area (TPSA) is 87.7 Å². The fourth-order valence-electron chi connectivity index (χ4n) is 1.01. The van der Waals surface area contributed by atoms with Crippen molar-refractivity contribution in [3.05, 3.63) is 29.8 Å². The zero-order chi connectivity index (χ0) is 12.0. The molecule has 0 atom stereocenters. The summed E-state index contributed by atoms with van der Waals surface area (Å²) < 4.78 is 4.53. The molecule has 0 heterocycles. The van der Waals surface area contributed by atoms with E-state index in [1.165, 1.54) is 12.1 Å². The van der Waals surface area contributed by atoms with Gasteiger partial charge in [-0.25, -0.2) is 10.2 Å². The van der Waals surface area contributed by atoms with Crippen LogP contribution in [0.5, 0.6) is 5.75 Å². The number of ether oxygens (including phenoxy) is 1. The molecule has 16 heavy (non-hydrogen) atoms. The van der Waals surface area contributed by atoms with Crippen LogP contribution in [0.25, 0.3) is 0 Å². The van der Waals surface area contributed by atoms with E-state index in [9.17, 15) is 14.7 Å². The van der Waals surface area contributed by atoms with Gasteiger partial charge in [0.25, 0.3) is 5.91 Å². The van der Waals surface area contributed by atoms with Gasteiger partial charge < -0.3 is 9.84 Å². The molecule has 0 fully saturated rings. The summed E-state index contributed by atoms with van der Waals surface area (Å²) in [5, 5.41) is 9.34. The molecule has 1 aromatic rings. The van der Waals surface area contributed by atoms with E-state index in [0.717, 1.165) is 0 Å². The number of amides is 2. The number of nitrogens with one attached hydrogen (secondary N) is 2. The Morgan fingerprint density at radius 2 is 2.00 bits per heavy atom. The smallest absolute Gasteiger partial charge is 0.426 e. The van der Waals surface area contributed by atoms with Crippen LogP contribution < -0.4 is 10.9 Å². The number of benzene rings is 1. The molecule has 6 heteroatoms. The fourth-order valence-corrected chi connectivity index (χ4v) is 1.01. The Morgan fingerprint density at radius 3 is 2.62 bits per heavy atom. The van der Waals surface area contributed by atoms with Gasteiger partial charge in [-0.05, 0) is 19.1 Å². The normalized spacial score (nSPS) is 9.31. The van der Waals surface area contributed by atoms with Crippen molar-refractivity contribution in [2.45, 2.75) is 6.92 Å². The SMILES string of the molecule is CCOC(=O)NNC(=O)c1ccccc1O. The Morgan fingerprint density at radius 1 is 1.31 bits per heavy atom. The number of phenols is 1. The standard InChI is InChI=1S/C10H12N2O4/c1-2-16-10(15)12-11-9(14)7-5-3-4-6-8(7)13/h3-6,13H,2H2,1H3,(H,11,14)(H,12,15). The number of hydrogen-bond donors (Lipinski definition) is 3.